The van der Waals surface area contributed by atoms with Gasteiger partial charge in [0.15, 0.2) is 0 Å². The quantitative estimate of drug-likeness (QED) is 0.581. The van der Waals surface area contributed by atoms with E-state index in [0.717, 1.165) is 0 Å². The second kappa shape index (κ2) is 11.8. The molecular formula is C5H15FO3Si. The van der Waals surface area contributed by atoms with Crippen molar-refractivity contribution in [2.24, 2.45) is 0 Å². The highest BCUT2D eigenvalue weighted by Gasteiger charge is 2.04. The lowest BCUT2D eigenvalue weighted by molar-refractivity contribution is 0.163. The standard InChI is InChI=1S/C3H10O3Si.C2H5F/c1-4-7(5-2)6-3;1-2-3/h7H,1-3H3;2H2,1H3. The normalized spacial score (nSPS) is 9.00. The van der Waals surface area contributed by atoms with Crippen LogP contribution in [0.25, 0.3) is 0 Å². The van der Waals surface area contributed by atoms with E-state index in [4.69, 9.17) is 13.3 Å². The molecule has 0 amide bonds. The van der Waals surface area contributed by atoms with Crippen molar-refractivity contribution in [3.8, 4) is 0 Å². The molecule has 64 valence electrons. The second-order valence-electron chi connectivity index (χ2n) is 1.26. The monoisotopic (exact) mass is 170 g/mol. The van der Waals surface area contributed by atoms with Crippen LogP contribution in [-0.2, 0) is 13.3 Å². The third kappa shape index (κ3) is 10.9. The maximum Gasteiger partial charge on any atom is 0.483 e. The van der Waals surface area contributed by atoms with Crippen molar-refractivity contribution in [3.05, 3.63) is 0 Å². The molecule has 0 bridgehead atoms. The Morgan fingerprint density at radius 3 is 1.30 bits per heavy atom. The zero-order chi connectivity index (χ0) is 8.41. The van der Waals surface area contributed by atoms with E-state index in [9.17, 15) is 4.39 Å². The molecule has 0 aromatic carbocycles. The third-order valence-electron chi connectivity index (χ3n) is 0.577. The highest BCUT2D eigenvalue weighted by Crippen LogP contribution is 1.81. The van der Waals surface area contributed by atoms with Gasteiger partial charge in [0.1, 0.15) is 0 Å². The van der Waals surface area contributed by atoms with Crippen LogP contribution in [0.4, 0.5) is 4.39 Å². The van der Waals surface area contributed by atoms with Gasteiger partial charge in [0, 0.05) is 21.3 Å². The van der Waals surface area contributed by atoms with Gasteiger partial charge in [-0.05, 0) is 6.92 Å². The zero-order valence-corrected chi connectivity index (χ0v) is 8.04. The van der Waals surface area contributed by atoms with Crippen LogP contribution >= 0.6 is 0 Å². The van der Waals surface area contributed by atoms with Gasteiger partial charge in [0.05, 0.1) is 6.67 Å². The minimum Gasteiger partial charge on any atom is -0.379 e. The topological polar surface area (TPSA) is 27.7 Å². The number of hydrogen-bond donors (Lipinski definition) is 0. The molecule has 0 rings (SSSR count). The summed E-state index contributed by atoms with van der Waals surface area (Å²) in [5, 5.41) is 0. The average molecular weight is 170 g/mol. The highest BCUT2D eigenvalue weighted by atomic mass is 28.3. The maximum absolute atomic E-state index is 10.3. The van der Waals surface area contributed by atoms with Gasteiger partial charge in [-0.15, -0.1) is 0 Å². The van der Waals surface area contributed by atoms with Crippen molar-refractivity contribution < 1.29 is 17.7 Å². The van der Waals surface area contributed by atoms with Crippen molar-refractivity contribution in [1.29, 1.82) is 0 Å². The molecule has 0 aliphatic heterocycles. The zero-order valence-electron chi connectivity index (χ0n) is 6.89. The molecule has 0 aliphatic rings. The Morgan fingerprint density at radius 2 is 1.30 bits per heavy atom. The minimum atomic E-state index is -1.67. The number of alkyl halides is 1. The molecule has 0 saturated heterocycles. The van der Waals surface area contributed by atoms with Gasteiger partial charge in [0.25, 0.3) is 0 Å². The molecule has 0 N–H and O–H groups in total. The Morgan fingerprint density at radius 1 is 1.10 bits per heavy atom. The second-order valence-corrected chi connectivity index (χ2v) is 3.25. The molecule has 0 aliphatic carbocycles. The molecule has 3 nitrogen and oxygen atoms in total. The fourth-order valence-corrected chi connectivity index (χ4v) is 0.866. The van der Waals surface area contributed by atoms with E-state index in [1.54, 1.807) is 21.3 Å². The number of hydrogen-bond acceptors (Lipinski definition) is 3. The van der Waals surface area contributed by atoms with E-state index in [1.807, 2.05) is 0 Å². The molecule has 0 heterocycles. The summed E-state index contributed by atoms with van der Waals surface area (Å²) >= 11 is 0. The van der Waals surface area contributed by atoms with Crippen LogP contribution in [0.3, 0.4) is 0 Å². The lowest BCUT2D eigenvalue weighted by Crippen LogP contribution is -2.21. The van der Waals surface area contributed by atoms with Crippen molar-refractivity contribution in [2.75, 3.05) is 28.0 Å². The first-order chi connectivity index (χ1) is 4.76. The summed E-state index contributed by atoms with van der Waals surface area (Å²) in [6, 6.07) is 0. The van der Waals surface area contributed by atoms with Crippen molar-refractivity contribution in [2.45, 2.75) is 6.92 Å². The Bertz CT molecular complexity index is 46.6. The summed E-state index contributed by atoms with van der Waals surface area (Å²) in [7, 11) is 3.05. The van der Waals surface area contributed by atoms with Crippen molar-refractivity contribution in [3.63, 3.8) is 0 Å². The van der Waals surface area contributed by atoms with Gasteiger partial charge in [-0.2, -0.15) is 0 Å². The van der Waals surface area contributed by atoms with Crippen LogP contribution in [0.1, 0.15) is 6.92 Å². The Balaban J connectivity index is 0. The first-order valence-electron chi connectivity index (χ1n) is 2.91. The van der Waals surface area contributed by atoms with Crippen LogP contribution < -0.4 is 0 Å². The van der Waals surface area contributed by atoms with E-state index in [2.05, 4.69) is 0 Å². The highest BCUT2D eigenvalue weighted by molar-refractivity contribution is 6.36. The van der Waals surface area contributed by atoms with Gasteiger partial charge in [-0.1, -0.05) is 0 Å². The molecule has 0 spiro atoms. The molecule has 0 saturated carbocycles. The minimum absolute atomic E-state index is 0.250. The summed E-state index contributed by atoms with van der Waals surface area (Å²) in [6.45, 7) is 1.21. The SMILES string of the molecule is CCF.CO[SiH](OC)OC. The van der Waals surface area contributed by atoms with Crippen LogP contribution in [0.15, 0.2) is 0 Å². The lowest BCUT2D eigenvalue weighted by Gasteiger charge is -2.05. The van der Waals surface area contributed by atoms with E-state index < -0.39 is 9.53 Å². The molecule has 10 heavy (non-hydrogen) atoms. The molecule has 0 radical (unpaired) electrons. The van der Waals surface area contributed by atoms with Gasteiger partial charge < -0.3 is 13.3 Å². The summed E-state index contributed by atoms with van der Waals surface area (Å²) in [4.78, 5) is 0. The smallest absolute Gasteiger partial charge is 0.379 e. The molecule has 0 atom stereocenters. The van der Waals surface area contributed by atoms with E-state index in [0.29, 0.717) is 0 Å². The lowest BCUT2D eigenvalue weighted by atomic mass is 10.9. The van der Waals surface area contributed by atoms with E-state index in [-0.39, 0.29) is 6.67 Å². The predicted octanol–water partition coefficient (Wildman–Crippen LogP) is 0.619. The van der Waals surface area contributed by atoms with Gasteiger partial charge in [-0.3, -0.25) is 4.39 Å². The maximum atomic E-state index is 10.3. The van der Waals surface area contributed by atoms with Gasteiger partial charge >= 0.3 is 9.53 Å². The fourth-order valence-electron chi connectivity index (χ4n) is 0.289. The van der Waals surface area contributed by atoms with Crippen LogP contribution in [0.2, 0.25) is 0 Å². The Hall–Kier alpha value is 0.0269. The Kier molecular flexibility index (Phi) is 14.9. The molecule has 5 heteroatoms. The van der Waals surface area contributed by atoms with Crippen LogP contribution in [-0.4, -0.2) is 37.5 Å². The molecule has 0 aromatic rings. The van der Waals surface area contributed by atoms with Crippen molar-refractivity contribution >= 4 is 9.53 Å². The van der Waals surface area contributed by atoms with Gasteiger partial charge in [-0.25, -0.2) is 0 Å². The summed E-state index contributed by atoms with van der Waals surface area (Å²) in [6.07, 6.45) is 0. The molecule has 0 unspecified atom stereocenters. The predicted molar refractivity (Wildman–Crippen MR) is 39.8 cm³/mol. The molecule has 0 fully saturated rings. The van der Waals surface area contributed by atoms with Gasteiger partial charge in [0.2, 0.25) is 0 Å². The number of rotatable bonds is 3. The molecular weight excluding hydrogens is 155 g/mol. The molecule has 0 aromatic heterocycles. The largest absolute Gasteiger partial charge is 0.483 e. The van der Waals surface area contributed by atoms with Crippen LogP contribution in [0, 0.1) is 0 Å². The summed E-state index contributed by atoms with van der Waals surface area (Å²) in [5.74, 6) is 0. The Labute approximate surface area is 63.1 Å². The third-order valence-corrected chi connectivity index (χ3v) is 1.73. The first kappa shape index (κ1) is 12.7. The van der Waals surface area contributed by atoms with Crippen molar-refractivity contribution in [1.82, 2.24) is 0 Å². The van der Waals surface area contributed by atoms with Crippen LogP contribution in [0.5, 0.6) is 0 Å². The summed E-state index contributed by atoms with van der Waals surface area (Å²) in [5.41, 5.74) is 0. The average Bonchev–Trinajstić information content (AvgIpc) is 1.93. The van der Waals surface area contributed by atoms with E-state index >= 15 is 0 Å². The van der Waals surface area contributed by atoms with E-state index in [1.165, 1.54) is 6.92 Å². The first-order valence-corrected chi connectivity index (χ1v) is 4.32. The fraction of sp³-hybridized carbons (Fsp3) is 1.00. The summed E-state index contributed by atoms with van der Waals surface area (Å²) < 4.78 is 24.5. The number of halogens is 1.